The zero-order chi connectivity index (χ0) is 11.7. The minimum atomic E-state index is 0.0821. The monoisotopic (exact) mass is 217 g/mol. The number of carbonyl (C=O) groups excluding carboxylic acids is 1. The highest BCUT2D eigenvalue weighted by atomic mass is 16.1. The molecule has 0 radical (unpaired) electrons. The summed E-state index contributed by atoms with van der Waals surface area (Å²) in [4.78, 5) is 12.0. The number of nitrogens with zero attached hydrogens (tertiary/aromatic N) is 3. The normalized spacial score (nSPS) is 10.7. The molecule has 2 rings (SSSR count). The van der Waals surface area contributed by atoms with E-state index >= 15 is 0 Å². The summed E-state index contributed by atoms with van der Waals surface area (Å²) in [6, 6.07) is 5.67. The Morgan fingerprint density at radius 2 is 2.19 bits per heavy atom. The Morgan fingerprint density at radius 1 is 1.44 bits per heavy atom. The first-order chi connectivity index (χ1) is 7.58. The summed E-state index contributed by atoms with van der Waals surface area (Å²) in [5.41, 5.74) is 2.67. The summed E-state index contributed by atoms with van der Waals surface area (Å²) in [7, 11) is 1.87. The molecule has 0 aliphatic carbocycles. The van der Waals surface area contributed by atoms with Gasteiger partial charge in [-0.3, -0.25) is 9.48 Å². The van der Waals surface area contributed by atoms with E-state index in [1.54, 1.807) is 4.68 Å². The zero-order valence-corrected chi connectivity index (χ0v) is 9.77. The Kier molecular flexibility index (Phi) is 2.64. The minimum absolute atomic E-state index is 0.0821. The van der Waals surface area contributed by atoms with Gasteiger partial charge in [0.1, 0.15) is 6.54 Å². The molecule has 0 aliphatic rings. The van der Waals surface area contributed by atoms with E-state index in [9.17, 15) is 4.79 Å². The standard InChI is InChI=1S/C12H15N3O/c1-9-7-10(2)15(13-9)8-12(16)11-5-4-6-14(11)3/h4-7H,8H2,1-3H3. The van der Waals surface area contributed by atoms with E-state index in [1.807, 2.05) is 49.9 Å². The van der Waals surface area contributed by atoms with Crippen molar-refractivity contribution in [1.29, 1.82) is 0 Å². The van der Waals surface area contributed by atoms with Crippen LogP contribution in [0.1, 0.15) is 21.9 Å². The number of hydrogen-bond donors (Lipinski definition) is 0. The predicted octanol–water partition coefficient (Wildman–Crippen LogP) is 1.72. The van der Waals surface area contributed by atoms with Gasteiger partial charge in [0.2, 0.25) is 5.78 Å². The maximum Gasteiger partial charge on any atom is 0.200 e. The van der Waals surface area contributed by atoms with Crippen molar-refractivity contribution in [3.8, 4) is 0 Å². The lowest BCUT2D eigenvalue weighted by Gasteiger charge is -2.04. The second kappa shape index (κ2) is 3.96. The number of carbonyl (C=O) groups is 1. The van der Waals surface area contributed by atoms with Gasteiger partial charge >= 0.3 is 0 Å². The Balaban J connectivity index is 2.20. The molecule has 84 valence electrons. The highest BCUT2D eigenvalue weighted by molar-refractivity contribution is 5.94. The highest BCUT2D eigenvalue weighted by Crippen LogP contribution is 2.06. The average Bonchev–Trinajstić information content (AvgIpc) is 2.74. The number of aryl methyl sites for hydroxylation is 3. The van der Waals surface area contributed by atoms with Crippen molar-refractivity contribution in [3.63, 3.8) is 0 Å². The summed E-state index contributed by atoms with van der Waals surface area (Å²) in [6.45, 7) is 4.19. The molecule has 0 bridgehead atoms. The van der Waals surface area contributed by atoms with E-state index in [1.165, 1.54) is 0 Å². The van der Waals surface area contributed by atoms with Crippen LogP contribution in [0.4, 0.5) is 0 Å². The third-order valence-electron chi connectivity index (χ3n) is 2.63. The Labute approximate surface area is 94.5 Å². The molecule has 4 heteroatoms. The van der Waals surface area contributed by atoms with Gasteiger partial charge in [-0.1, -0.05) is 0 Å². The maximum absolute atomic E-state index is 12.0. The molecule has 2 aromatic rings. The fourth-order valence-corrected chi connectivity index (χ4v) is 1.80. The molecule has 0 spiro atoms. The molecule has 2 heterocycles. The van der Waals surface area contributed by atoms with Crippen molar-refractivity contribution in [2.75, 3.05) is 0 Å². The minimum Gasteiger partial charge on any atom is -0.348 e. The van der Waals surface area contributed by atoms with Crippen LogP contribution in [0.2, 0.25) is 0 Å². The van der Waals surface area contributed by atoms with Crippen molar-refractivity contribution in [3.05, 3.63) is 41.5 Å². The van der Waals surface area contributed by atoms with Gasteiger partial charge in [0.25, 0.3) is 0 Å². The van der Waals surface area contributed by atoms with Crippen molar-refractivity contribution >= 4 is 5.78 Å². The number of aromatic nitrogens is 3. The molecule has 0 saturated heterocycles. The van der Waals surface area contributed by atoms with Crippen LogP contribution in [0.5, 0.6) is 0 Å². The zero-order valence-electron chi connectivity index (χ0n) is 9.77. The SMILES string of the molecule is Cc1cc(C)n(CC(=O)c2cccn2C)n1. The molecule has 0 N–H and O–H groups in total. The van der Waals surface area contributed by atoms with E-state index in [2.05, 4.69) is 5.10 Å². The largest absolute Gasteiger partial charge is 0.348 e. The number of Topliss-reactive ketones (excluding diaryl/α,β-unsaturated/α-hetero) is 1. The molecular weight excluding hydrogens is 202 g/mol. The molecule has 0 fully saturated rings. The summed E-state index contributed by atoms with van der Waals surface area (Å²) in [5, 5.41) is 4.28. The molecule has 0 unspecified atom stereocenters. The van der Waals surface area contributed by atoms with Crippen LogP contribution >= 0.6 is 0 Å². The summed E-state index contributed by atoms with van der Waals surface area (Å²) >= 11 is 0. The fraction of sp³-hybridized carbons (Fsp3) is 0.333. The van der Waals surface area contributed by atoms with Gasteiger partial charge in [0.05, 0.1) is 11.4 Å². The van der Waals surface area contributed by atoms with Gasteiger partial charge < -0.3 is 4.57 Å². The number of rotatable bonds is 3. The van der Waals surface area contributed by atoms with Crippen LogP contribution in [0.25, 0.3) is 0 Å². The van der Waals surface area contributed by atoms with Crippen LogP contribution in [0.15, 0.2) is 24.4 Å². The van der Waals surface area contributed by atoms with E-state index in [4.69, 9.17) is 0 Å². The van der Waals surface area contributed by atoms with Crippen LogP contribution in [0, 0.1) is 13.8 Å². The van der Waals surface area contributed by atoms with Crippen LogP contribution in [-0.2, 0) is 13.6 Å². The van der Waals surface area contributed by atoms with Crippen LogP contribution in [-0.4, -0.2) is 20.1 Å². The third-order valence-corrected chi connectivity index (χ3v) is 2.63. The third kappa shape index (κ3) is 1.91. The Morgan fingerprint density at radius 3 is 2.69 bits per heavy atom. The van der Waals surface area contributed by atoms with Gasteiger partial charge in [-0.05, 0) is 32.0 Å². The highest BCUT2D eigenvalue weighted by Gasteiger charge is 2.11. The van der Waals surface area contributed by atoms with E-state index < -0.39 is 0 Å². The lowest BCUT2D eigenvalue weighted by Crippen LogP contribution is -2.15. The first kappa shape index (κ1) is 10.7. The molecule has 0 aliphatic heterocycles. The second-order valence-electron chi connectivity index (χ2n) is 4.01. The predicted molar refractivity (Wildman–Crippen MR) is 61.4 cm³/mol. The summed E-state index contributed by atoms with van der Waals surface area (Å²) in [5.74, 6) is 0.0821. The van der Waals surface area contributed by atoms with Crippen molar-refractivity contribution < 1.29 is 4.79 Å². The Bertz CT molecular complexity index is 522. The van der Waals surface area contributed by atoms with Gasteiger partial charge in [-0.15, -0.1) is 0 Å². The van der Waals surface area contributed by atoms with E-state index in [0.29, 0.717) is 12.2 Å². The van der Waals surface area contributed by atoms with Crippen molar-refractivity contribution in [2.45, 2.75) is 20.4 Å². The fourth-order valence-electron chi connectivity index (χ4n) is 1.80. The lowest BCUT2D eigenvalue weighted by atomic mass is 10.3. The van der Waals surface area contributed by atoms with Gasteiger partial charge in [0, 0.05) is 18.9 Å². The smallest absolute Gasteiger partial charge is 0.200 e. The van der Waals surface area contributed by atoms with Gasteiger partial charge in [0.15, 0.2) is 0 Å². The Hall–Kier alpha value is -1.84. The molecular formula is C12H15N3O. The lowest BCUT2D eigenvalue weighted by molar-refractivity contribution is 0.0959. The number of hydrogen-bond acceptors (Lipinski definition) is 2. The van der Waals surface area contributed by atoms with Gasteiger partial charge in [-0.2, -0.15) is 5.10 Å². The molecule has 0 amide bonds. The van der Waals surface area contributed by atoms with Crippen LogP contribution < -0.4 is 0 Å². The topological polar surface area (TPSA) is 39.8 Å². The van der Waals surface area contributed by atoms with E-state index in [0.717, 1.165) is 11.4 Å². The van der Waals surface area contributed by atoms with Gasteiger partial charge in [-0.25, -0.2) is 0 Å². The first-order valence-corrected chi connectivity index (χ1v) is 5.23. The first-order valence-electron chi connectivity index (χ1n) is 5.23. The maximum atomic E-state index is 12.0. The summed E-state index contributed by atoms with van der Waals surface area (Å²) in [6.07, 6.45) is 1.87. The number of ketones is 1. The molecule has 0 atom stereocenters. The molecule has 0 aromatic carbocycles. The second-order valence-corrected chi connectivity index (χ2v) is 4.01. The van der Waals surface area contributed by atoms with Crippen LogP contribution in [0.3, 0.4) is 0 Å². The average molecular weight is 217 g/mol. The molecule has 2 aromatic heterocycles. The molecule has 4 nitrogen and oxygen atoms in total. The van der Waals surface area contributed by atoms with Crippen molar-refractivity contribution in [2.24, 2.45) is 7.05 Å². The molecule has 0 saturated carbocycles. The van der Waals surface area contributed by atoms with E-state index in [-0.39, 0.29) is 5.78 Å². The quantitative estimate of drug-likeness (QED) is 0.734. The van der Waals surface area contributed by atoms with Crippen molar-refractivity contribution in [1.82, 2.24) is 14.3 Å². The molecule has 16 heavy (non-hydrogen) atoms. The summed E-state index contributed by atoms with van der Waals surface area (Å²) < 4.78 is 3.57.